The molecule has 0 aliphatic carbocycles. The second-order valence-corrected chi connectivity index (χ2v) is 3.64. The molecule has 1 saturated heterocycles. The van der Waals surface area contributed by atoms with Crippen LogP contribution in [-0.4, -0.2) is 12.1 Å². The zero-order valence-corrected chi connectivity index (χ0v) is 8.48. The van der Waals surface area contributed by atoms with E-state index in [2.05, 4.69) is 25.4 Å². The highest BCUT2D eigenvalue weighted by atomic mass is 79.9. The average Bonchev–Trinajstić information content (AvgIpc) is 2.47. The van der Waals surface area contributed by atoms with Gasteiger partial charge in [0.15, 0.2) is 0 Å². The molecule has 1 aromatic rings. The maximum atomic E-state index is 11.1. The van der Waals surface area contributed by atoms with Crippen molar-refractivity contribution in [1.29, 1.82) is 0 Å². The van der Waals surface area contributed by atoms with Crippen LogP contribution in [-0.2, 0) is 14.3 Å². The van der Waals surface area contributed by atoms with Crippen molar-refractivity contribution in [2.45, 2.75) is 6.10 Å². The second-order valence-electron chi connectivity index (χ2n) is 2.72. The molecule has 2 rings (SSSR count). The Hall–Kier alpha value is -1.36. The number of carbonyl (C=O) groups is 2. The Morgan fingerprint density at radius 3 is 2.29 bits per heavy atom. The fourth-order valence-electron chi connectivity index (χ4n) is 1.15. The molecule has 0 bridgehead atoms. The molecule has 14 heavy (non-hydrogen) atoms. The minimum atomic E-state index is -0.942. The van der Waals surface area contributed by atoms with Crippen molar-refractivity contribution in [2.24, 2.45) is 0 Å². The van der Waals surface area contributed by atoms with Crippen molar-refractivity contribution >= 4 is 28.1 Å². The van der Waals surface area contributed by atoms with Crippen LogP contribution in [0.1, 0.15) is 11.7 Å². The molecule has 0 amide bonds. The van der Waals surface area contributed by atoms with Gasteiger partial charge in [0.25, 0.3) is 0 Å². The first-order valence-corrected chi connectivity index (χ1v) is 4.64. The molecular weight excluding hydrogens is 252 g/mol. The van der Waals surface area contributed by atoms with Gasteiger partial charge < -0.3 is 9.47 Å². The lowest BCUT2D eigenvalue weighted by Gasteiger charge is -2.03. The highest BCUT2D eigenvalue weighted by molar-refractivity contribution is 9.10. The van der Waals surface area contributed by atoms with Crippen LogP contribution in [0.5, 0.6) is 0 Å². The van der Waals surface area contributed by atoms with E-state index in [-0.39, 0.29) is 0 Å². The van der Waals surface area contributed by atoms with Gasteiger partial charge in [0.05, 0.1) is 0 Å². The van der Waals surface area contributed by atoms with E-state index in [0.717, 1.165) is 4.47 Å². The van der Waals surface area contributed by atoms with Gasteiger partial charge in [-0.25, -0.2) is 9.59 Å². The third kappa shape index (κ3) is 1.63. The molecule has 1 aliphatic heterocycles. The summed E-state index contributed by atoms with van der Waals surface area (Å²) in [5.74, 6) is -0.669. The normalized spacial score (nSPS) is 20.5. The summed E-state index contributed by atoms with van der Waals surface area (Å²) in [6, 6.07) is 6.90. The first-order chi connectivity index (χ1) is 6.66. The van der Waals surface area contributed by atoms with Crippen LogP contribution in [0.25, 0.3) is 0 Å². The predicted octanol–water partition coefficient (Wildman–Crippen LogP) is 2.18. The smallest absolute Gasteiger partial charge is 0.414 e. The molecule has 0 radical (unpaired) electrons. The van der Waals surface area contributed by atoms with E-state index in [0.29, 0.717) is 5.56 Å². The van der Waals surface area contributed by atoms with Crippen LogP contribution in [0.15, 0.2) is 28.7 Å². The summed E-state index contributed by atoms with van der Waals surface area (Å²) in [6.45, 7) is 0. The summed E-state index contributed by atoms with van der Waals surface area (Å²) in [5.41, 5.74) is 0.601. The number of benzene rings is 1. The molecule has 0 saturated carbocycles. The van der Waals surface area contributed by atoms with Gasteiger partial charge in [-0.1, -0.05) is 28.1 Å². The minimum absolute atomic E-state index is 0.601. The fourth-order valence-corrected chi connectivity index (χ4v) is 1.41. The van der Waals surface area contributed by atoms with Gasteiger partial charge in [-0.05, 0) is 12.1 Å². The van der Waals surface area contributed by atoms with E-state index < -0.39 is 18.2 Å². The highest BCUT2D eigenvalue weighted by Gasteiger charge is 2.36. The minimum Gasteiger partial charge on any atom is -0.414 e. The molecule has 1 aliphatic rings. The first-order valence-electron chi connectivity index (χ1n) is 3.84. The molecule has 1 aromatic carbocycles. The maximum Gasteiger partial charge on any atom is 0.517 e. The molecule has 4 nitrogen and oxygen atoms in total. The van der Waals surface area contributed by atoms with Gasteiger partial charge in [-0.15, -0.1) is 0 Å². The molecule has 0 aromatic heterocycles. The average molecular weight is 257 g/mol. The number of carbonyl (C=O) groups excluding carboxylic acids is 2. The summed E-state index contributed by atoms with van der Waals surface area (Å²) >= 11 is 3.26. The zero-order valence-electron chi connectivity index (χ0n) is 6.90. The Kier molecular flexibility index (Phi) is 2.25. The predicted molar refractivity (Wildman–Crippen MR) is 49.5 cm³/mol. The lowest BCUT2D eigenvalue weighted by atomic mass is 10.1. The van der Waals surface area contributed by atoms with Crippen molar-refractivity contribution < 1.29 is 19.1 Å². The van der Waals surface area contributed by atoms with Crippen molar-refractivity contribution in [3.63, 3.8) is 0 Å². The Labute approximate surface area is 87.9 Å². The summed E-state index contributed by atoms with van der Waals surface area (Å²) in [7, 11) is 0. The number of esters is 1. The fraction of sp³-hybridized carbons (Fsp3) is 0.111. The van der Waals surface area contributed by atoms with Crippen molar-refractivity contribution in [3.8, 4) is 0 Å². The Morgan fingerprint density at radius 1 is 1.14 bits per heavy atom. The summed E-state index contributed by atoms with van der Waals surface area (Å²) < 4.78 is 9.81. The Morgan fingerprint density at radius 2 is 1.79 bits per heavy atom. The number of halogens is 1. The number of ether oxygens (including phenoxy) is 2. The van der Waals surface area contributed by atoms with Crippen LogP contribution in [0.3, 0.4) is 0 Å². The van der Waals surface area contributed by atoms with Crippen LogP contribution < -0.4 is 0 Å². The van der Waals surface area contributed by atoms with Gasteiger partial charge in [0.1, 0.15) is 0 Å². The third-order valence-corrected chi connectivity index (χ3v) is 2.31. The molecule has 0 spiro atoms. The monoisotopic (exact) mass is 256 g/mol. The zero-order chi connectivity index (χ0) is 10.1. The molecule has 1 unspecified atom stereocenters. The van der Waals surface area contributed by atoms with Crippen molar-refractivity contribution in [2.75, 3.05) is 0 Å². The third-order valence-electron chi connectivity index (χ3n) is 1.78. The molecule has 1 fully saturated rings. The van der Waals surface area contributed by atoms with Crippen LogP contribution >= 0.6 is 15.9 Å². The molecule has 5 heteroatoms. The molecular formula is C9H5BrO4. The van der Waals surface area contributed by atoms with E-state index in [1.54, 1.807) is 24.3 Å². The Balaban J connectivity index is 2.27. The highest BCUT2D eigenvalue weighted by Crippen LogP contribution is 2.26. The van der Waals surface area contributed by atoms with E-state index >= 15 is 0 Å². The van der Waals surface area contributed by atoms with Crippen LogP contribution in [0.4, 0.5) is 4.79 Å². The largest absolute Gasteiger partial charge is 0.517 e. The quantitative estimate of drug-likeness (QED) is 0.571. The van der Waals surface area contributed by atoms with E-state index in [1.807, 2.05) is 0 Å². The van der Waals surface area contributed by atoms with Gasteiger partial charge >= 0.3 is 12.1 Å². The van der Waals surface area contributed by atoms with Crippen LogP contribution in [0.2, 0.25) is 0 Å². The summed E-state index contributed by atoms with van der Waals surface area (Å²) in [5, 5.41) is 0. The molecule has 1 heterocycles. The molecule has 1 atom stereocenters. The molecule has 0 N–H and O–H groups in total. The van der Waals surface area contributed by atoms with E-state index in [1.165, 1.54) is 0 Å². The number of rotatable bonds is 1. The SMILES string of the molecule is O=C1OC(=O)C(c2ccc(Br)cc2)O1. The van der Waals surface area contributed by atoms with E-state index in [4.69, 9.17) is 0 Å². The van der Waals surface area contributed by atoms with Gasteiger partial charge in [0.2, 0.25) is 6.10 Å². The number of hydrogen-bond acceptors (Lipinski definition) is 4. The first kappa shape index (κ1) is 9.21. The lowest BCUT2D eigenvalue weighted by molar-refractivity contribution is -0.136. The summed E-state index contributed by atoms with van der Waals surface area (Å²) in [4.78, 5) is 21.7. The standard InChI is InChI=1S/C9H5BrO4/c10-6-3-1-5(2-4-6)7-8(11)14-9(12)13-7/h1-4,7H. The number of cyclic esters (lactones) is 3. The Bertz CT molecular complexity index is 384. The van der Waals surface area contributed by atoms with Gasteiger partial charge in [-0.2, -0.15) is 0 Å². The van der Waals surface area contributed by atoms with Gasteiger partial charge in [0, 0.05) is 10.0 Å². The topological polar surface area (TPSA) is 52.6 Å². The second kappa shape index (κ2) is 3.42. The number of hydrogen-bond donors (Lipinski definition) is 0. The van der Waals surface area contributed by atoms with Crippen molar-refractivity contribution in [3.05, 3.63) is 34.3 Å². The van der Waals surface area contributed by atoms with E-state index in [9.17, 15) is 9.59 Å². The van der Waals surface area contributed by atoms with Crippen LogP contribution in [0, 0.1) is 0 Å². The lowest BCUT2D eigenvalue weighted by Crippen LogP contribution is -2.06. The molecule has 72 valence electrons. The van der Waals surface area contributed by atoms with Crippen molar-refractivity contribution in [1.82, 2.24) is 0 Å². The van der Waals surface area contributed by atoms with Gasteiger partial charge in [-0.3, -0.25) is 0 Å². The summed E-state index contributed by atoms with van der Waals surface area (Å²) in [6.07, 6.45) is -1.86. The maximum absolute atomic E-state index is 11.1.